The van der Waals surface area contributed by atoms with Crippen LogP contribution in [-0.4, -0.2) is 80.9 Å². The maximum absolute atomic E-state index is 13.7. The van der Waals surface area contributed by atoms with Crippen LogP contribution in [0.15, 0.2) is 66.7 Å². The number of tetrazole rings is 1. The van der Waals surface area contributed by atoms with E-state index in [0.29, 0.717) is 49.6 Å². The largest absolute Gasteiger partial charge is 0.465 e. The number of rotatable bonds is 14. The van der Waals surface area contributed by atoms with Crippen LogP contribution < -0.4 is 21.3 Å². The number of carbonyl (C=O) groups is 4. The van der Waals surface area contributed by atoms with Crippen LogP contribution in [0.25, 0.3) is 22.5 Å². The number of ether oxygens (including phenoxy) is 1. The second-order valence-corrected chi connectivity index (χ2v) is 14.4. The average Bonchev–Trinajstić information content (AvgIpc) is 3.68. The van der Waals surface area contributed by atoms with Crippen LogP contribution in [-0.2, 0) is 20.7 Å². The Morgan fingerprint density at radius 3 is 2.25 bits per heavy atom. The Hall–Kier alpha value is -5.63. The van der Waals surface area contributed by atoms with E-state index in [9.17, 15) is 19.2 Å². The molecule has 1 aliphatic carbocycles. The van der Waals surface area contributed by atoms with Crippen molar-refractivity contribution >= 4 is 29.5 Å². The third-order valence-electron chi connectivity index (χ3n) is 9.26. The molecule has 1 aliphatic rings. The highest BCUT2D eigenvalue weighted by Crippen LogP contribution is 2.29. The van der Waals surface area contributed by atoms with Crippen molar-refractivity contribution in [1.82, 2.24) is 36.6 Å². The molecule has 1 aromatic heterocycles. The minimum atomic E-state index is -1.05. The van der Waals surface area contributed by atoms with Gasteiger partial charge in [0.15, 0.2) is 0 Å². The van der Waals surface area contributed by atoms with Gasteiger partial charge in [0, 0.05) is 42.2 Å². The number of nitrogens with zero attached hydrogens (tertiary/aromatic N) is 3. The lowest BCUT2D eigenvalue weighted by Gasteiger charge is -2.29. The van der Waals surface area contributed by atoms with E-state index >= 15 is 0 Å². The number of hydrogen-bond donors (Lipinski definition) is 6. The smallest absolute Gasteiger partial charge is 0.404 e. The van der Waals surface area contributed by atoms with Crippen molar-refractivity contribution in [1.29, 1.82) is 0 Å². The second kappa shape index (κ2) is 17.7. The molecule has 3 aromatic carbocycles. The van der Waals surface area contributed by atoms with Gasteiger partial charge in [-0.1, -0.05) is 30.3 Å². The zero-order valence-corrected chi connectivity index (χ0v) is 30.6. The number of aromatic amines is 1. The van der Waals surface area contributed by atoms with E-state index in [1.807, 2.05) is 64.1 Å². The summed E-state index contributed by atoms with van der Waals surface area (Å²) in [6.07, 6.45) is 1.88. The second-order valence-electron chi connectivity index (χ2n) is 14.4. The van der Waals surface area contributed by atoms with E-state index in [1.165, 1.54) is 0 Å². The topological polar surface area (TPSA) is 200 Å². The summed E-state index contributed by atoms with van der Waals surface area (Å²) >= 11 is 0. The number of carbonyl (C=O) groups excluding carboxylic acids is 3. The number of aromatic nitrogens is 4. The molecule has 4 aromatic rings. The Balaban J connectivity index is 1.25. The van der Waals surface area contributed by atoms with Crippen LogP contribution in [0.2, 0.25) is 0 Å². The number of carboxylic acid groups (broad SMARTS) is 1. The summed E-state index contributed by atoms with van der Waals surface area (Å²) in [7, 11) is 0. The van der Waals surface area contributed by atoms with Gasteiger partial charge >= 0.3 is 6.09 Å². The molecule has 0 saturated heterocycles. The van der Waals surface area contributed by atoms with Crippen LogP contribution in [0, 0.1) is 18.8 Å². The molecule has 1 atom stereocenters. The molecule has 5 rings (SSSR count). The van der Waals surface area contributed by atoms with Gasteiger partial charge in [-0.25, -0.2) is 4.79 Å². The van der Waals surface area contributed by atoms with E-state index in [4.69, 9.17) is 9.84 Å². The summed E-state index contributed by atoms with van der Waals surface area (Å²) in [6, 6.07) is 19.6. The summed E-state index contributed by atoms with van der Waals surface area (Å²) < 4.78 is 5.69. The fourth-order valence-corrected chi connectivity index (χ4v) is 6.38. The summed E-state index contributed by atoms with van der Waals surface area (Å²) in [5.41, 5.74) is 5.31. The van der Waals surface area contributed by atoms with Crippen molar-refractivity contribution in [3.05, 3.63) is 83.4 Å². The van der Waals surface area contributed by atoms with E-state index < -0.39 is 12.1 Å². The molecule has 0 spiro atoms. The molecule has 4 amide bonds. The number of amides is 4. The monoisotopic (exact) mass is 724 g/mol. The first-order chi connectivity index (χ1) is 25.3. The van der Waals surface area contributed by atoms with Crippen LogP contribution in [0.5, 0.6) is 0 Å². The molecule has 1 heterocycles. The summed E-state index contributed by atoms with van der Waals surface area (Å²) in [5.74, 6) is -0.375. The Morgan fingerprint density at radius 1 is 0.925 bits per heavy atom. The fourth-order valence-electron chi connectivity index (χ4n) is 6.38. The van der Waals surface area contributed by atoms with Crippen molar-refractivity contribution in [3.63, 3.8) is 0 Å². The highest BCUT2D eigenvalue weighted by Gasteiger charge is 2.30. The van der Waals surface area contributed by atoms with Crippen LogP contribution in [0.4, 0.5) is 10.5 Å². The predicted octanol–water partition coefficient (Wildman–Crippen LogP) is 5.13. The summed E-state index contributed by atoms with van der Waals surface area (Å²) in [6.45, 7) is 9.08. The molecule has 1 fully saturated rings. The van der Waals surface area contributed by atoms with Gasteiger partial charge in [-0.15, -0.1) is 10.2 Å². The molecular formula is C39H48N8O6. The Kier molecular flexibility index (Phi) is 12.9. The average molecular weight is 725 g/mol. The third kappa shape index (κ3) is 11.4. The molecule has 280 valence electrons. The minimum Gasteiger partial charge on any atom is -0.465 e. The SMILES string of the molecule is Cc1cc(C(=O)NCCOC(C)(C)C)ccc1-c1ccc(C[C@H](NC(=O)C2CCC(CNC(=O)O)CC2)C(=O)Nc2ccc(-c3nn[nH]n3)cc2)cc1. The van der Waals surface area contributed by atoms with Crippen molar-refractivity contribution < 1.29 is 29.0 Å². The Labute approximate surface area is 308 Å². The number of benzene rings is 3. The van der Waals surface area contributed by atoms with Gasteiger partial charge in [-0.05, 0) is 123 Å². The fraction of sp³-hybridized carbons (Fsp3) is 0.410. The third-order valence-corrected chi connectivity index (χ3v) is 9.26. The Morgan fingerprint density at radius 2 is 1.62 bits per heavy atom. The van der Waals surface area contributed by atoms with Gasteiger partial charge in [0.1, 0.15) is 6.04 Å². The van der Waals surface area contributed by atoms with Gasteiger partial charge in [0.25, 0.3) is 5.91 Å². The zero-order chi connectivity index (χ0) is 38.0. The van der Waals surface area contributed by atoms with Crippen molar-refractivity contribution in [2.45, 2.75) is 71.4 Å². The lowest BCUT2D eigenvalue weighted by atomic mass is 9.81. The molecule has 14 nitrogen and oxygen atoms in total. The van der Waals surface area contributed by atoms with Crippen molar-refractivity contribution in [3.8, 4) is 22.5 Å². The standard InChI is InChI=1S/C39H48N8O6/c1-24-21-30(35(48)40-19-20-53-39(2,3)4)15-18-32(24)27-9-5-25(6-10-27)22-33(43-36(49)29-11-7-26(8-12-29)23-41-38(51)52)37(50)42-31-16-13-28(14-17-31)34-44-46-47-45-34/h5-6,9-10,13-18,21,26,29,33,41H,7-8,11-12,19-20,22-23H2,1-4H3,(H,40,48)(H,42,50)(H,43,49)(H,51,52)(H,44,45,46,47)/t26?,29?,33-/m0/s1. The first-order valence-corrected chi connectivity index (χ1v) is 17.9. The predicted molar refractivity (Wildman–Crippen MR) is 200 cm³/mol. The number of anilines is 1. The van der Waals surface area contributed by atoms with Crippen LogP contribution >= 0.6 is 0 Å². The van der Waals surface area contributed by atoms with E-state index in [-0.39, 0.29) is 41.6 Å². The number of nitrogens with one attached hydrogen (secondary N) is 5. The highest BCUT2D eigenvalue weighted by atomic mass is 16.5. The number of hydrogen-bond acceptors (Lipinski definition) is 8. The zero-order valence-electron chi connectivity index (χ0n) is 30.6. The molecule has 0 unspecified atom stereocenters. The maximum atomic E-state index is 13.7. The maximum Gasteiger partial charge on any atom is 0.404 e. The quantitative estimate of drug-likeness (QED) is 0.0955. The first-order valence-electron chi connectivity index (χ1n) is 17.9. The molecule has 0 aliphatic heterocycles. The lowest BCUT2D eigenvalue weighted by Crippen LogP contribution is -2.48. The first kappa shape index (κ1) is 38.6. The molecule has 1 saturated carbocycles. The normalized spacial score (nSPS) is 16.3. The van der Waals surface area contributed by atoms with Gasteiger partial charge in [-0.3, -0.25) is 14.4 Å². The van der Waals surface area contributed by atoms with Crippen LogP contribution in [0.3, 0.4) is 0 Å². The molecule has 6 N–H and O–H groups in total. The lowest BCUT2D eigenvalue weighted by molar-refractivity contribution is -0.130. The summed E-state index contributed by atoms with van der Waals surface area (Å²) in [5, 5.41) is 34.2. The molecule has 53 heavy (non-hydrogen) atoms. The van der Waals surface area contributed by atoms with Crippen molar-refractivity contribution in [2.75, 3.05) is 25.0 Å². The number of H-pyrrole nitrogens is 1. The van der Waals surface area contributed by atoms with Gasteiger partial charge in [-0.2, -0.15) is 5.21 Å². The van der Waals surface area contributed by atoms with Crippen molar-refractivity contribution in [2.24, 2.45) is 11.8 Å². The van der Waals surface area contributed by atoms with E-state index in [0.717, 1.165) is 40.7 Å². The molecule has 0 radical (unpaired) electrons. The van der Waals surface area contributed by atoms with E-state index in [1.54, 1.807) is 30.3 Å². The highest BCUT2D eigenvalue weighted by molar-refractivity contribution is 5.98. The molecule has 14 heteroatoms. The van der Waals surface area contributed by atoms with E-state index in [2.05, 4.69) is 41.9 Å². The van der Waals surface area contributed by atoms with Gasteiger partial charge < -0.3 is 31.1 Å². The van der Waals surface area contributed by atoms with Gasteiger partial charge in [0.05, 0.1) is 12.2 Å². The molecule has 0 bridgehead atoms. The van der Waals surface area contributed by atoms with Gasteiger partial charge in [0.2, 0.25) is 17.6 Å². The summed E-state index contributed by atoms with van der Waals surface area (Å²) in [4.78, 5) is 50.9. The number of aryl methyl sites for hydroxylation is 1. The molecular weight excluding hydrogens is 676 g/mol. The minimum absolute atomic E-state index is 0.162. The van der Waals surface area contributed by atoms with Crippen LogP contribution in [0.1, 0.15) is 67.9 Å². The Bertz CT molecular complexity index is 1850.